The molecular weight excluding hydrogens is 266 g/mol. The van der Waals surface area contributed by atoms with Gasteiger partial charge in [0.15, 0.2) is 0 Å². The van der Waals surface area contributed by atoms with Crippen LogP contribution in [0.25, 0.3) is 10.1 Å². The molecule has 1 aliphatic rings. The summed E-state index contributed by atoms with van der Waals surface area (Å²) in [5.41, 5.74) is 0. The number of hydrogen-bond acceptors (Lipinski definition) is 3. The smallest absolute Gasteiger partial charge is 0.0468 e. The predicted molar refractivity (Wildman–Crippen MR) is 86.4 cm³/mol. The van der Waals surface area contributed by atoms with E-state index in [2.05, 4.69) is 42.6 Å². The van der Waals surface area contributed by atoms with E-state index < -0.39 is 0 Å². The van der Waals surface area contributed by atoms with Gasteiger partial charge >= 0.3 is 0 Å². The first-order valence-corrected chi connectivity index (χ1v) is 8.48. The molecule has 1 saturated heterocycles. The van der Waals surface area contributed by atoms with Gasteiger partial charge in [-0.1, -0.05) is 25.1 Å². The first-order chi connectivity index (χ1) is 9.86. The SMILES string of the molecule is CCNC(CC1CCOCC1)c1cc2ccccc2s1. The summed E-state index contributed by atoms with van der Waals surface area (Å²) < 4.78 is 6.88. The van der Waals surface area contributed by atoms with Crippen LogP contribution in [0.15, 0.2) is 30.3 Å². The topological polar surface area (TPSA) is 21.3 Å². The van der Waals surface area contributed by atoms with E-state index in [0.29, 0.717) is 6.04 Å². The predicted octanol–water partition coefficient (Wildman–Crippen LogP) is 4.37. The van der Waals surface area contributed by atoms with Crippen molar-refractivity contribution in [1.82, 2.24) is 5.32 Å². The van der Waals surface area contributed by atoms with Crippen LogP contribution in [0.1, 0.15) is 37.1 Å². The van der Waals surface area contributed by atoms with E-state index in [1.54, 1.807) is 0 Å². The lowest BCUT2D eigenvalue weighted by Gasteiger charge is -2.26. The maximum atomic E-state index is 5.48. The summed E-state index contributed by atoms with van der Waals surface area (Å²) in [6, 6.07) is 11.6. The lowest BCUT2D eigenvalue weighted by atomic mass is 9.92. The lowest BCUT2D eigenvalue weighted by molar-refractivity contribution is 0.0607. The first kappa shape index (κ1) is 14.1. The Kier molecular flexibility index (Phi) is 4.71. The number of ether oxygens (including phenoxy) is 1. The Balaban J connectivity index is 1.77. The fourth-order valence-electron chi connectivity index (χ4n) is 3.04. The largest absolute Gasteiger partial charge is 0.381 e. The molecule has 0 spiro atoms. The van der Waals surface area contributed by atoms with Crippen LogP contribution in [0.4, 0.5) is 0 Å². The maximum absolute atomic E-state index is 5.48. The third kappa shape index (κ3) is 3.22. The quantitative estimate of drug-likeness (QED) is 0.882. The Hall–Kier alpha value is -0.900. The van der Waals surface area contributed by atoms with E-state index in [0.717, 1.165) is 25.7 Å². The number of fused-ring (bicyclic) bond motifs is 1. The molecule has 1 N–H and O–H groups in total. The molecule has 1 aromatic heterocycles. The van der Waals surface area contributed by atoms with E-state index in [1.165, 1.54) is 34.2 Å². The van der Waals surface area contributed by atoms with Crippen molar-refractivity contribution in [2.24, 2.45) is 5.92 Å². The molecule has 1 fully saturated rings. The number of thiophene rings is 1. The second kappa shape index (κ2) is 6.70. The zero-order valence-electron chi connectivity index (χ0n) is 12.1. The third-order valence-electron chi connectivity index (χ3n) is 4.15. The molecule has 0 amide bonds. The highest BCUT2D eigenvalue weighted by atomic mass is 32.1. The minimum atomic E-state index is 0.500. The van der Waals surface area contributed by atoms with Gasteiger partial charge in [-0.3, -0.25) is 0 Å². The summed E-state index contributed by atoms with van der Waals surface area (Å²) in [5.74, 6) is 0.804. The number of rotatable bonds is 5. The fraction of sp³-hybridized carbons (Fsp3) is 0.529. The van der Waals surface area contributed by atoms with Crippen molar-refractivity contribution in [2.75, 3.05) is 19.8 Å². The number of nitrogens with one attached hydrogen (secondary N) is 1. The van der Waals surface area contributed by atoms with Crippen molar-refractivity contribution in [3.63, 3.8) is 0 Å². The normalized spacial score (nSPS) is 18.4. The average molecular weight is 289 g/mol. The molecule has 20 heavy (non-hydrogen) atoms. The number of hydrogen-bond donors (Lipinski definition) is 1. The van der Waals surface area contributed by atoms with Gasteiger partial charge in [0.05, 0.1) is 0 Å². The van der Waals surface area contributed by atoms with Gasteiger partial charge in [0.25, 0.3) is 0 Å². The first-order valence-electron chi connectivity index (χ1n) is 7.66. The Morgan fingerprint density at radius 1 is 1.30 bits per heavy atom. The third-order valence-corrected chi connectivity index (χ3v) is 5.38. The molecule has 1 aromatic carbocycles. The molecule has 0 bridgehead atoms. The van der Waals surface area contributed by atoms with Crippen molar-refractivity contribution in [1.29, 1.82) is 0 Å². The molecule has 2 nitrogen and oxygen atoms in total. The fourth-order valence-corrected chi connectivity index (χ4v) is 4.19. The van der Waals surface area contributed by atoms with Gasteiger partial charge in [0, 0.05) is 28.8 Å². The summed E-state index contributed by atoms with van der Waals surface area (Å²) >= 11 is 1.94. The standard InChI is InChI=1S/C17H23NOS/c1-2-18-15(11-13-7-9-19-10-8-13)17-12-14-5-3-4-6-16(14)20-17/h3-6,12-13,15,18H,2,7-11H2,1H3. The Morgan fingerprint density at radius 3 is 2.85 bits per heavy atom. The van der Waals surface area contributed by atoms with E-state index >= 15 is 0 Å². The van der Waals surface area contributed by atoms with Crippen LogP contribution in [0.2, 0.25) is 0 Å². The number of benzene rings is 1. The second-order valence-electron chi connectivity index (χ2n) is 5.59. The van der Waals surface area contributed by atoms with Crippen LogP contribution < -0.4 is 5.32 Å². The second-order valence-corrected chi connectivity index (χ2v) is 6.70. The minimum Gasteiger partial charge on any atom is -0.381 e. The minimum absolute atomic E-state index is 0.500. The molecule has 0 aliphatic carbocycles. The van der Waals surface area contributed by atoms with Gasteiger partial charge in [-0.2, -0.15) is 0 Å². The van der Waals surface area contributed by atoms with Crippen molar-refractivity contribution in [3.8, 4) is 0 Å². The summed E-state index contributed by atoms with van der Waals surface area (Å²) in [7, 11) is 0. The Morgan fingerprint density at radius 2 is 2.10 bits per heavy atom. The average Bonchev–Trinajstić information content (AvgIpc) is 2.92. The molecule has 3 rings (SSSR count). The summed E-state index contributed by atoms with van der Waals surface area (Å²) in [4.78, 5) is 1.49. The van der Waals surface area contributed by atoms with Gasteiger partial charge in [0.2, 0.25) is 0 Å². The van der Waals surface area contributed by atoms with E-state index in [-0.39, 0.29) is 0 Å². The molecular formula is C17H23NOS. The van der Waals surface area contributed by atoms with Crippen molar-refractivity contribution >= 4 is 21.4 Å². The van der Waals surface area contributed by atoms with E-state index in [1.807, 2.05) is 11.3 Å². The van der Waals surface area contributed by atoms with Crippen LogP contribution in [0, 0.1) is 5.92 Å². The van der Waals surface area contributed by atoms with Gasteiger partial charge in [-0.15, -0.1) is 11.3 Å². The Labute approximate surface area is 125 Å². The van der Waals surface area contributed by atoms with Gasteiger partial charge in [0.1, 0.15) is 0 Å². The zero-order valence-corrected chi connectivity index (χ0v) is 12.9. The van der Waals surface area contributed by atoms with Gasteiger partial charge in [-0.25, -0.2) is 0 Å². The van der Waals surface area contributed by atoms with Crippen molar-refractivity contribution in [3.05, 3.63) is 35.2 Å². The summed E-state index contributed by atoms with van der Waals surface area (Å²) in [6.07, 6.45) is 3.67. The molecule has 1 atom stereocenters. The highest BCUT2D eigenvalue weighted by Crippen LogP contribution is 2.34. The molecule has 0 saturated carbocycles. The van der Waals surface area contributed by atoms with E-state index in [4.69, 9.17) is 4.74 Å². The molecule has 3 heteroatoms. The maximum Gasteiger partial charge on any atom is 0.0468 e. The molecule has 1 unspecified atom stereocenters. The van der Waals surface area contributed by atoms with Crippen molar-refractivity contribution < 1.29 is 4.74 Å². The van der Waals surface area contributed by atoms with Crippen LogP contribution in [-0.2, 0) is 4.74 Å². The Bertz CT molecular complexity index is 512. The van der Waals surface area contributed by atoms with Crippen LogP contribution in [0.5, 0.6) is 0 Å². The van der Waals surface area contributed by atoms with Crippen molar-refractivity contribution in [2.45, 2.75) is 32.2 Å². The van der Waals surface area contributed by atoms with E-state index in [9.17, 15) is 0 Å². The monoisotopic (exact) mass is 289 g/mol. The van der Waals surface area contributed by atoms with Gasteiger partial charge < -0.3 is 10.1 Å². The lowest BCUT2D eigenvalue weighted by Crippen LogP contribution is -2.25. The molecule has 0 radical (unpaired) electrons. The zero-order chi connectivity index (χ0) is 13.8. The highest BCUT2D eigenvalue weighted by molar-refractivity contribution is 7.19. The molecule has 108 valence electrons. The summed E-state index contributed by atoms with van der Waals surface area (Å²) in [5, 5.41) is 5.05. The summed E-state index contributed by atoms with van der Waals surface area (Å²) in [6.45, 7) is 5.11. The van der Waals surface area contributed by atoms with Crippen LogP contribution in [0.3, 0.4) is 0 Å². The highest BCUT2D eigenvalue weighted by Gasteiger charge is 2.21. The van der Waals surface area contributed by atoms with Gasteiger partial charge in [-0.05, 0) is 49.2 Å². The van der Waals surface area contributed by atoms with Crippen LogP contribution in [-0.4, -0.2) is 19.8 Å². The molecule has 1 aliphatic heterocycles. The molecule has 2 heterocycles. The molecule has 2 aromatic rings. The van der Waals surface area contributed by atoms with Crippen LogP contribution >= 0.6 is 11.3 Å².